The first kappa shape index (κ1) is 29.8. The smallest absolute Gasteiger partial charge is 0.465 e. The van der Waals surface area contributed by atoms with Crippen molar-refractivity contribution < 1.29 is 23.8 Å². The Balaban J connectivity index is 1.40. The van der Waals surface area contributed by atoms with Crippen LogP contribution in [0.3, 0.4) is 0 Å². The van der Waals surface area contributed by atoms with Gasteiger partial charge in [-0.2, -0.15) is 5.21 Å². The van der Waals surface area contributed by atoms with E-state index < -0.39 is 18.2 Å². The molecule has 232 valence electrons. The van der Waals surface area contributed by atoms with E-state index in [4.69, 9.17) is 19.2 Å². The van der Waals surface area contributed by atoms with Gasteiger partial charge in [-0.15, -0.1) is 10.2 Å². The number of anilines is 1. The summed E-state index contributed by atoms with van der Waals surface area (Å²) < 4.78 is 18.4. The van der Waals surface area contributed by atoms with E-state index >= 15 is 0 Å². The highest BCUT2D eigenvalue weighted by atomic mass is 16.7. The molecule has 2 N–H and O–H groups in total. The number of benzene rings is 3. The van der Waals surface area contributed by atoms with Gasteiger partial charge in [-0.3, -0.25) is 4.57 Å². The maximum Gasteiger partial charge on any atom is 0.509 e. The summed E-state index contributed by atoms with van der Waals surface area (Å²) in [6.07, 6.45) is 3.42. The fraction of sp³-hybridized carbons (Fsp3) is 0.333. The van der Waals surface area contributed by atoms with Gasteiger partial charge in [0.15, 0.2) is 0 Å². The minimum atomic E-state index is -0.706. The molecule has 12 nitrogen and oxygen atoms in total. The monoisotopic (exact) mass is 609 g/mol. The van der Waals surface area contributed by atoms with Gasteiger partial charge < -0.3 is 19.5 Å². The number of ether oxygens (including phenoxy) is 3. The van der Waals surface area contributed by atoms with Crippen LogP contribution in [-0.4, -0.2) is 62.1 Å². The molecule has 1 atom stereocenters. The van der Waals surface area contributed by atoms with Gasteiger partial charge >= 0.3 is 12.1 Å². The number of hydrogen-bond donors (Lipinski definition) is 2. The predicted molar refractivity (Wildman–Crippen MR) is 168 cm³/mol. The van der Waals surface area contributed by atoms with E-state index in [1.807, 2.05) is 60.0 Å². The molecule has 6 rings (SSSR count). The second-order valence-electron chi connectivity index (χ2n) is 10.9. The Hall–Kier alpha value is -5.26. The lowest BCUT2D eigenvalue weighted by Crippen LogP contribution is -2.22. The molecule has 2 heterocycles. The average molecular weight is 610 g/mol. The van der Waals surface area contributed by atoms with Crippen LogP contribution in [0.5, 0.6) is 0 Å². The Labute approximate surface area is 260 Å². The fourth-order valence-corrected chi connectivity index (χ4v) is 5.88. The van der Waals surface area contributed by atoms with Gasteiger partial charge in [0.2, 0.25) is 11.8 Å². The van der Waals surface area contributed by atoms with Gasteiger partial charge in [-0.1, -0.05) is 48.9 Å². The van der Waals surface area contributed by atoms with Crippen molar-refractivity contribution in [2.75, 3.05) is 19.0 Å². The van der Waals surface area contributed by atoms with Gasteiger partial charge in [-0.25, -0.2) is 14.6 Å². The molecule has 2 aromatic heterocycles. The van der Waals surface area contributed by atoms with Crippen LogP contribution >= 0.6 is 0 Å². The van der Waals surface area contributed by atoms with Crippen LogP contribution in [0.4, 0.5) is 10.7 Å². The van der Waals surface area contributed by atoms with Crippen molar-refractivity contribution >= 4 is 29.1 Å². The Bertz CT molecular complexity index is 1790. The molecule has 0 spiro atoms. The average Bonchev–Trinajstić information content (AvgIpc) is 3.73. The number of nitrogens with one attached hydrogen (secondary N) is 2. The number of rotatable bonds is 9. The van der Waals surface area contributed by atoms with Crippen molar-refractivity contribution in [3.05, 3.63) is 71.8 Å². The van der Waals surface area contributed by atoms with Crippen LogP contribution in [0.2, 0.25) is 0 Å². The molecule has 1 aliphatic rings. The summed E-state index contributed by atoms with van der Waals surface area (Å²) in [6.45, 7) is 4.33. The Morgan fingerprint density at radius 2 is 1.78 bits per heavy atom. The Kier molecular flexibility index (Phi) is 8.72. The molecule has 1 fully saturated rings. The number of carbonyl (C=O) groups excluding carboxylic acids is 2. The molecule has 0 saturated heterocycles. The van der Waals surface area contributed by atoms with Crippen molar-refractivity contribution in [2.24, 2.45) is 0 Å². The van der Waals surface area contributed by atoms with Crippen molar-refractivity contribution in [3.8, 4) is 28.2 Å². The summed E-state index contributed by atoms with van der Waals surface area (Å²) in [7, 11) is 1.34. The molecule has 0 bridgehead atoms. The van der Waals surface area contributed by atoms with E-state index in [-0.39, 0.29) is 6.10 Å². The minimum Gasteiger partial charge on any atom is -0.465 e. The third-order valence-corrected chi connectivity index (χ3v) is 8.05. The molecular formula is C33H35N7O5. The highest BCUT2D eigenvalue weighted by Crippen LogP contribution is 2.36. The second kappa shape index (κ2) is 13.2. The lowest BCUT2D eigenvalue weighted by atomic mass is 9.98. The number of methoxy groups -OCH3 is 1. The van der Waals surface area contributed by atoms with E-state index in [1.54, 1.807) is 19.1 Å². The van der Waals surface area contributed by atoms with E-state index in [0.717, 1.165) is 54.5 Å². The predicted octanol–water partition coefficient (Wildman–Crippen LogP) is 6.64. The molecule has 5 aromatic rings. The summed E-state index contributed by atoms with van der Waals surface area (Å²) in [5.74, 6) is 0.521. The van der Waals surface area contributed by atoms with Crippen molar-refractivity contribution in [1.82, 2.24) is 30.2 Å². The van der Waals surface area contributed by atoms with Gasteiger partial charge in [0.25, 0.3) is 0 Å². The highest BCUT2D eigenvalue weighted by molar-refractivity contribution is 6.04. The lowest BCUT2D eigenvalue weighted by molar-refractivity contribution is -0.00726. The maximum atomic E-state index is 13.0. The zero-order valence-corrected chi connectivity index (χ0v) is 25.4. The number of imidazole rings is 1. The normalized spacial score (nSPS) is 14.2. The third-order valence-electron chi connectivity index (χ3n) is 8.05. The van der Waals surface area contributed by atoms with Gasteiger partial charge in [0.1, 0.15) is 12.2 Å². The largest absolute Gasteiger partial charge is 0.509 e. The molecule has 0 amide bonds. The van der Waals surface area contributed by atoms with Crippen LogP contribution in [0, 0.1) is 0 Å². The maximum absolute atomic E-state index is 13.0. The number of H-pyrrole nitrogens is 1. The fourth-order valence-electron chi connectivity index (χ4n) is 5.88. The summed E-state index contributed by atoms with van der Waals surface area (Å²) in [4.78, 5) is 30.7. The first-order chi connectivity index (χ1) is 22.0. The summed E-state index contributed by atoms with van der Waals surface area (Å²) in [5.41, 5.74) is 5.51. The van der Waals surface area contributed by atoms with E-state index in [9.17, 15) is 9.59 Å². The Morgan fingerprint density at radius 3 is 2.47 bits per heavy atom. The first-order valence-electron chi connectivity index (χ1n) is 15.2. The summed E-state index contributed by atoms with van der Waals surface area (Å²) in [5, 5.41) is 17.8. The number of carbonyl (C=O) groups is 2. The minimum absolute atomic E-state index is 0.123. The van der Waals surface area contributed by atoms with Crippen LogP contribution in [-0.2, 0) is 14.2 Å². The number of nitrogens with zero attached hydrogens (tertiary/aromatic N) is 5. The van der Waals surface area contributed by atoms with Gasteiger partial charge in [-0.05, 0) is 74.1 Å². The molecular weight excluding hydrogens is 574 g/mol. The molecule has 45 heavy (non-hydrogen) atoms. The number of hydrogen-bond acceptors (Lipinski definition) is 10. The number of aromatic nitrogens is 6. The number of fused-ring (bicyclic) bond motifs is 1. The van der Waals surface area contributed by atoms with Gasteiger partial charge in [0, 0.05) is 23.4 Å². The molecule has 1 saturated carbocycles. The van der Waals surface area contributed by atoms with E-state index in [1.165, 1.54) is 7.11 Å². The SMILES string of the molecule is CCNc1nc2c(C(C)OC(=O)OC3CCCCC3)ccc(C(=O)OC)c2n1-c1ccc(-c2ccccc2-c2nn[nH]n2)cc1. The number of esters is 1. The molecule has 1 unspecified atom stereocenters. The van der Waals surface area contributed by atoms with E-state index in [0.29, 0.717) is 40.5 Å². The molecule has 0 aliphatic heterocycles. The van der Waals surface area contributed by atoms with Crippen molar-refractivity contribution in [1.29, 1.82) is 0 Å². The quantitative estimate of drug-likeness (QED) is 0.174. The van der Waals surface area contributed by atoms with Crippen molar-refractivity contribution in [2.45, 2.75) is 58.2 Å². The summed E-state index contributed by atoms with van der Waals surface area (Å²) >= 11 is 0. The van der Waals surface area contributed by atoms with Crippen LogP contribution in [0.25, 0.3) is 39.2 Å². The van der Waals surface area contributed by atoms with Gasteiger partial charge in [0.05, 0.1) is 23.7 Å². The molecule has 1 aliphatic carbocycles. The summed E-state index contributed by atoms with van der Waals surface area (Å²) in [6, 6.07) is 19.2. The Morgan fingerprint density at radius 1 is 1.02 bits per heavy atom. The van der Waals surface area contributed by atoms with Crippen LogP contribution < -0.4 is 5.32 Å². The standard InChI is InChI=1S/C33H35N7O5/c1-4-34-32-35-28-24(20(2)44-33(42)45-23-10-6-5-7-11-23)18-19-27(31(41)43-3)29(28)40(32)22-16-14-21(15-17-22)25-12-8-9-13-26(25)30-36-38-39-37-30/h8-9,12-20,23H,4-7,10-11H2,1-3H3,(H,34,35)(H,36,37,38,39). The molecule has 3 aromatic carbocycles. The second-order valence-corrected chi connectivity index (χ2v) is 10.9. The molecule has 12 heteroatoms. The third kappa shape index (κ3) is 6.08. The lowest BCUT2D eigenvalue weighted by Gasteiger charge is -2.22. The van der Waals surface area contributed by atoms with Crippen molar-refractivity contribution in [3.63, 3.8) is 0 Å². The highest BCUT2D eigenvalue weighted by Gasteiger charge is 2.27. The van der Waals surface area contributed by atoms with Crippen LogP contribution in [0.1, 0.15) is 68.0 Å². The topological polar surface area (TPSA) is 146 Å². The molecule has 0 radical (unpaired) electrons. The van der Waals surface area contributed by atoms with Crippen LogP contribution in [0.15, 0.2) is 60.7 Å². The first-order valence-corrected chi connectivity index (χ1v) is 15.2. The zero-order chi connectivity index (χ0) is 31.3. The van der Waals surface area contributed by atoms with E-state index in [2.05, 4.69) is 25.9 Å². The zero-order valence-electron chi connectivity index (χ0n) is 25.4. The number of aromatic amines is 1. The number of tetrazole rings is 1.